The summed E-state index contributed by atoms with van der Waals surface area (Å²) in [6.45, 7) is 4.50. The highest BCUT2D eigenvalue weighted by Gasteiger charge is 2.17. The topological polar surface area (TPSA) is 70.3 Å². The summed E-state index contributed by atoms with van der Waals surface area (Å²) in [4.78, 5) is 9.43. The molecule has 0 aliphatic rings. The molecule has 3 rings (SSSR count). The van der Waals surface area contributed by atoms with E-state index in [1.54, 1.807) is 12.3 Å². The number of hydrogen-bond acceptors (Lipinski definition) is 7. The molecule has 8 heteroatoms. The maximum absolute atomic E-state index is 13.5. The number of rotatable bonds is 6. The Morgan fingerprint density at radius 2 is 2.21 bits per heavy atom. The third kappa shape index (κ3) is 3.29. The minimum Gasteiger partial charge on any atom is -0.494 e. The van der Waals surface area contributed by atoms with Gasteiger partial charge < -0.3 is 14.0 Å². The first-order chi connectivity index (χ1) is 11.6. The normalized spacial score (nSPS) is 12.3. The average molecular weight is 349 g/mol. The van der Waals surface area contributed by atoms with E-state index in [0.29, 0.717) is 23.9 Å². The van der Waals surface area contributed by atoms with Crippen molar-refractivity contribution in [3.63, 3.8) is 0 Å². The number of aromatic nitrogens is 3. The Bertz CT molecular complexity index is 834. The number of methoxy groups -OCH3 is 1. The van der Waals surface area contributed by atoms with Crippen LogP contribution in [0.15, 0.2) is 28.9 Å². The van der Waals surface area contributed by atoms with E-state index in [4.69, 9.17) is 14.0 Å². The first-order valence-electron chi connectivity index (χ1n) is 7.37. The van der Waals surface area contributed by atoms with Crippen molar-refractivity contribution in [2.75, 3.05) is 13.7 Å². The third-order valence-corrected chi connectivity index (χ3v) is 4.48. The number of halogens is 1. The van der Waals surface area contributed by atoms with Gasteiger partial charge in [0.05, 0.1) is 13.3 Å². The molecular weight excluding hydrogens is 333 g/mol. The monoisotopic (exact) mass is 349 g/mol. The van der Waals surface area contributed by atoms with Crippen LogP contribution in [0.5, 0.6) is 5.75 Å². The van der Waals surface area contributed by atoms with Crippen LogP contribution in [0.1, 0.15) is 25.0 Å². The lowest BCUT2D eigenvalue weighted by Gasteiger charge is -2.06. The smallest absolute Gasteiger partial charge is 0.269 e. The molecule has 126 valence electrons. The third-order valence-electron chi connectivity index (χ3n) is 3.33. The summed E-state index contributed by atoms with van der Waals surface area (Å²) in [5.41, 5.74) is 0.607. The van der Waals surface area contributed by atoms with Crippen LogP contribution in [0, 0.1) is 5.82 Å². The summed E-state index contributed by atoms with van der Waals surface area (Å²) in [6.07, 6.45) is 1.59. The molecule has 0 fully saturated rings. The Morgan fingerprint density at radius 3 is 2.96 bits per heavy atom. The molecule has 6 nitrogen and oxygen atoms in total. The van der Waals surface area contributed by atoms with Crippen LogP contribution in [-0.2, 0) is 4.74 Å². The Balaban J connectivity index is 1.86. The maximum atomic E-state index is 13.5. The highest BCUT2D eigenvalue weighted by molar-refractivity contribution is 7.15. The second-order valence-electron chi connectivity index (χ2n) is 4.93. The zero-order valence-corrected chi connectivity index (χ0v) is 14.3. The van der Waals surface area contributed by atoms with Gasteiger partial charge in [-0.25, -0.2) is 9.37 Å². The van der Waals surface area contributed by atoms with Crippen LogP contribution in [0.4, 0.5) is 4.39 Å². The Hall–Kier alpha value is -2.32. The van der Waals surface area contributed by atoms with E-state index in [0.717, 1.165) is 9.88 Å². The fourth-order valence-corrected chi connectivity index (χ4v) is 2.98. The average Bonchev–Trinajstić information content (AvgIpc) is 3.25. The Kier molecular flexibility index (Phi) is 4.86. The molecule has 1 aromatic carbocycles. The summed E-state index contributed by atoms with van der Waals surface area (Å²) in [7, 11) is 1.40. The van der Waals surface area contributed by atoms with E-state index in [1.807, 2.05) is 13.8 Å². The molecule has 2 heterocycles. The molecule has 0 amide bonds. The van der Waals surface area contributed by atoms with Crippen LogP contribution < -0.4 is 4.74 Å². The van der Waals surface area contributed by atoms with Crippen molar-refractivity contribution in [2.24, 2.45) is 0 Å². The standard InChI is InChI=1S/C16H16FN3O3S/c1-4-22-9(2)16-18-8-13(24-16)15-19-14(20-23-15)10-5-6-11(17)12(7-10)21-3/h5-9H,4H2,1-3H3/t9-/m1/s1. The zero-order chi connectivity index (χ0) is 17.1. The molecule has 0 radical (unpaired) electrons. The SMILES string of the molecule is CCO[C@H](C)c1ncc(-c2nc(-c3ccc(F)c(OC)c3)no2)s1. The van der Waals surface area contributed by atoms with Crippen molar-refractivity contribution in [1.29, 1.82) is 0 Å². The van der Waals surface area contributed by atoms with E-state index >= 15 is 0 Å². The van der Waals surface area contributed by atoms with Gasteiger partial charge in [0, 0.05) is 12.2 Å². The van der Waals surface area contributed by atoms with Crippen LogP contribution >= 0.6 is 11.3 Å². The summed E-state index contributed by atoms with van der Waals surface area (Å²) in [6, 6.07) is 4.40. The van der Waals surface area contributed by atoms with Gasteiger partial charge in [-0.1, -0.05) is 5.16 Å². The predicted octanol–water partition coefficient (Wildman–Crippen LogP) is 4.11. The largest absolute Gasteiger partial charge is 0.494 e. The van der Waals surface area contributed by atoms with Crippen molar-refractivity contribution in [2.45, 2.75) is 20.0 Å². The molecular formula is C16H16FN3O3S. The van der Waals surface area contributed by atoms with Gasteiger partial charge in [-0.05, 0) is 32.0 Å². The summed E-state index contributed by atoms with van der Waals surface area (Å²) >= 11 is 1.44. The van der Waals surface area contributed by atoms with Crippen molar-refractivity contribution in [3.05, 3.63) is 35.2 Å². The number of thiazole rings is 1. The molecule has 1 atom stereocenters. The lowest BCUT2D eigenvalue weighted by molar-refractivity contribution is 0.0762. The van der Waals surface area contributed by atoms with E-state index in [9.17, 15) is 4.39 Å². The quantitative estimate of drug-likeness (QED) is 0.667. The minimum atomic E-state index is -0.443. The van der Waals surface area contributed by atoms with Gasteiger partial charge in [0.25, 0.3) is 5.89 Å². The molecule has 3 aromatic rings. The number of benzene rings is 1. The number of hydrogen-bond donors (Lipinski definition) is 0. The van der Waals surface area contributed by atoms with Crippen LogP contribution in [0.2, 0.25) is 0 Å². The molecule has 0 saturated heterocycles. The molecule has 0 unspecified atom stereocenters. The molecule has 2 aromatic heterocycles. The zero-order valence-electron chi connectivity index (χ0n) is 13.4. The van der Waals surface area contributed by atoms with Gasteiger partial charge in [0.15, 0.2) is 11.6 Å². The van der Waals surface area contributed by atoms with Crippen molar-refractivity contribution in [1.82, 2.24) is 15.1 Å². The summed E-state index contributed by atoms with van der Waals surface area (Å²) in [5, 5.41) is 4.78. The van der Waals surface area contributed by atoms with Gasteiger partial charge in [-0.15, -0.1) is 11.3 Å². The highest BCUT2D eigenvalue weighted by Crippen LogP contribution is 2.31. The van der Waals surface area contributed by atoms with E-state index in [-0.39, 0.29) is 11.9 Å². The molecule has 0 spiro atoms. The first kappa shape index (κ1) is 16.5. The fraction of sp³-hybridized carbons (Fsp3) is 0.312. The van der Waals surface area contributed by atoms with E-state index < -0.39 is 5.82 Å². The van der Waals surface area contributed by atoms with Crippen molar-refractivity contribution in [3.8, 4) is 27.9 Å². The molecule has 0 N–H and O–H groups in total. The van der Waals surface area contributed by atoms with E-state index in [1.165, 1.54) is 30.6 Å². The number of nitrogens with zero attached hydrogens (tertiary/aromatic N) is 3. The van der Waals surface area contributed by atoms with Crippen molar-refractivity contribution < 1.29 is 18.4 Å². The first-order valence-corrected chi connectivity index (χ1v) is 8.19. The fourth-order valence-electron chi connectivity index (χ4n) is 2.14. The number of ether oxygens (including phenoxy) is 2. The van der Waals surface area contributed by atoms with Crippen LogP contribution in [0.3, 0.4) is 0 Å². The van der Waals surface area contributed by atoms with Gasteiger partial charge in [-0.2, -0.15) is 4.98 Å². The molecule has 0 aliphatic carbocycles. The lowest BCUT2D eigenvalue weighted by Crippen LogP contribution is -1.97. The summed E-state index contributed by atoms with van der Waals surface area (Å²) in [5.74, 6) is 0.406. The Labute approximate surface area is 142 Å². The lowest BCUT2D eigenvalue weighted by atomic mass is 10.2. The molecule has 0 aliphatic heterocycles. The van der Waals surface area contributed by atoms with Gasteiger partial charge in [0.1, 0.15) is 16.0 Å². The Morgan fingerprint density at radius 1 is 1.38 bits per heavy atom. The predicted molar refractivity (Wildman–Crippen MR) is 87.4 cm³/mol. The van der Waals surface area contributed by atoms with Crippen LogP contribution in [-0.4, -0.2) is 28.8 Å². The molecule has 0 saturated carbocycles. The van der Waals surface area contributed by atoms with Gasteiger partial charge in [0.2, 0.25) is 5.82 Å². The summed E-state index contributed by atoms with van der Waals surface area (Å²) < 4.78 is 29.3. The molecule has 0 bridgehead atoms. The highest BCUT2D eigenvalue weighted by atomic mass is 32.1. The van der Waals surface area contributed by atoms with Crippen molar-refractivity contribution >= 4 is 11.3 Å². The maximum Gasteiger partial charge on any atom is 0.269 e. The van der Waals surface area contributed by atoms with Gasteiger partial charge in [-0.3, -0.25) is 0 Å². The second kappa shape index (κ2) is 7.06. The second-order valence-corrected chi connectivity index (χ2v) is 6.00. The van der Waals surface area contributed by atoms with E-state index in [2.05, 4.69) is 15.1 Å². The molecule has 24 heavy (non-hydrogen) atoms. The van der Waals surface area contributed by atoms with Crippen LogP contribution in [0.25, 0.3) is 22.2 Å². The minimum absolute atomic E-state index is 0.0856. The van der Waals surface area contributed by atoms with Gasteiger partial charge >= 0.3 is 0 Å².